The predicted octanol–water partition coefficient (Wildman–Crippen LogP) is 1.62. The Morgan fingerprint density at radius 1 is 1.40 bits per heavy atom. The van der Waals surface area contributed by atoms with E-state index in [-0.39, 0.29) is 0 Å². The lowest BCUT2D eigenvalue weighted by Crippen LogP contribution is -2.15. The van der Waals surface area contributed by atoms with Gasteiger partial charge in [0, 0.05) is 31.5 Å². The first-order valence-electron chi connectivity index (χ1n) is 5.53. The number of aromatic nitrogens is 2. The second kappa shape index (κ2) is 7.43. The van der Waals surface area contributed by atoms with Gasteiger partial charge in [0.1, 0.15) is 0 Å². The molecule has 0 aliphatic carbocycles. The first-order chi connectivity index (χ1) is 7.34. The molecule has 0 radical (unpaired) electrons. The van der Waals surface area contributed by atoms with E-state index in [1.54, 1.807) is 7.11 Å². The van der Waals surface area contributed by atoms with Crippen LogP contribution in [0.1, 0.15) is 30.5 Å². The quantitative estimate of drug-likeness (QED) is 0.642. The molecule has 0 aromatic carbocycles. The summed E-state index contributed by atoms with van der Waals surface area (Å²) in [5.74, 6) is 0. The fourth-order valence-corrected chi connectivity index (χ4v) is 1.45. The van der Waals surface area contributed by atoms with Crippen molar-refractivity contribution in [1.82, 2.24) is 15.5 Å². The molecule has 0 bridgehead atoms. The number of hydrogen-bond donors (Lipinski definition) is 2. The normalized spacial score (nSPS) is 10.8. The number of hydrogen-bond acceptors (Lipinski definition) is 3. The minimum atomic E-state index is 0.876. The standard InChI is InChI=1S/C11H21N3O/c1-10-11(9-13-14-10)8-12-6-4-3-5-7-15-2/h9,12H,3-8H2,1-2H3,(H,13,14). The van der Waals surface area contributed by atoms with Crippen LogP contribution in [0.5, 0.6) is 0 Å². The molecule has 15 heavy (non-hydrogen) atoms. The van der Waals surface area contributed by atoms with Crippen LogP contribution in [0.25, 0.3) is 0 Å². The topological polar surface area (TPSA) is 49.9 Å². The number of nitrogens with zero attached hydrogens (tertiary/aromatic N) is 1. The molecule has 1 heterocycles. The van der Waals surface area contributed by atoms with Gasteiger partial charge in [0.2, 0.25) is 0 Å². The first kappa shape index (κ1) is 12.2. The van der Waals surface area contributed by atoms with Crippen molar-refractivity contribution in [3.63, 3.8) is 0 Å². The Morgan fingerprint density at radius 3 is 2.93 bits per heavy atom. The summed E-state index contributed by atoms with van der Waals surface area (Å²) in [5, 5.41) is 10.3. The van der Waals surface area contributed by atoms with Gasteiger partial charge in [0.15, 0.2) is 0 Å². The van der Waals surface area contributed by atoms with E-state index in [2.05, 4.69) is 15.5 Å². The number of aryl methyl sites for hydroxylation is 1. The molecule has 0 spiro atoms. The summed E-state index contributed by atoms with van der Waals surface area (Å²) in [7, 11) is 1.75. The van der Waals surface area contributed by atoms with E-state index in [1.807, 2.05) is 13.1 Å². The van der Waals surface area contributed by atoms with E-state index >= 15 is 0 Å². The molecule has 4 heteroatoms. The van der Waals surface area contributed by atoms with Crippen molar-refractivity contribution in [3.05, 3.63) is 17.5 Å². The van der Waals surface area contributed by atoms with E-state index in [1.165, 1.54) is 18.4 Å². The van der Waals surface area contributed by atoms with Gasteiger partial charge < -0.3 is 10.1 Å². The molecule has 0 saturated heterocycles. The number of aromatic amines is 1. The van der Waals surface area contributed by atoms with Crippen molar-refractivity contribution in [2.75, 3.05) is 20.3 Å². The van der Waals surface area contributed by atoms with Crippen LogP contribution in [0.15, 0.2) is 6.20 Å². The minimum absolute atomic E-state index is 0.876. The molecule has 1 aromatic rings. The van der Waals surface area contributed by atoms with E-state index in [4.69, 9.17) is 4.74 Å². The fraction of sp³-hybridized carbons (Fsp3) is 0.727. The van der Waals surface area contributed by atoms with E-state index in [0.29, 0.717) is 0 Å². The van der Waals surface area contributed by atoms with Crippen LogP contribution in [-0.2, 0) is 11.3 Å². The summed E-state index contributed by atoms with van der Waals surface area (Å²) < 4.78 is 4.99. The first-order valence-corrected chi connectivity index (χ1v) is 5.53. The second-order valence-corrected chi connectivity index (χ2v) is 3.75. The summed E-state index contributed by atoms with van der Waals surface area (Å²) >= 11 is 0. The molecular weight excluding hydrogens is 190 g/mol. The van der Waals surface area contributed by atoms with Gasteiger partial charge in [-0.15, -0.1) is 0 Å². The van der Waals surface area contributed by atoms with Crippen molar-refractivity contribution < 1.29 is 4.74 Å². The fourth-order valence-electron chi connectivity index (χ4n) is 1.45. The largest absolute Gasteiger partial charge is 0.385 e. The maximum atomic E-state index is 4.99. The summed E-state index contributed by atoms with van der Waals surface area (Å²) in [6.07, 6.45) is 5.47. The molecule has 1 rings (SSSR count). The lowest BCUT2D eigenvalue weighted by atomic mass is 10.2. The summed E-state index contributed by atoms with van der Waals surface area (Å²) in [5.41, 5.74) is 2.41. The highest BCUT2D eigenvalue weighted by Gasteiger charge is 1.98. The third kappa shape index (κ3) is 4.95. The highest BCUT2D eigenvalue weighted by Crippen LogP contribution is 2.01. The van der Waals surface area contributed by atoms with Crippen molar-refractivity contribution >= 4 is 0 Å². The zero-order valence-corrected chi connectivity index (χ0v) is 9.68. The molecule has 0 unspecified atom stereocenters. The van der Waals surface area contributed by atoms with Crippen LogP contribution in [0.3, 0.4) is 0 Å². The van der Waals surface area contributed by atoms with Crippen molar-refractivity contribution in [2.24, 2.45) is 0 Å². The zero-order chi connectivity index (χ0) is 10.9. The van der Waals surface area contributed by atoms with E-state index < -0.39 is 0 Å². The number of nitrogens with one attached hydrogen (secondary N) is 2. The minimum Gasteiger partial charge on any atom is -0.385 e. The summed E-state index contributed by atoms with van der Waals surface area (Å²) in [4.78, 5) is 0. The Hall–Kier alpha value is -0.870. The molecule has 0 atom stereocenters. The summed E-state index contributed by atoms with van der Waals surface area (Å²) in [6.45, 7) is 4.89. The van der Waals surface area contributed by atoms with Gasteiger partial charge in [0.25, 0.3) is 0 Å². The van der Waals surface area contributed by atoms with E-state index in [9.17, 15) is 0 Å². The Morgan fingerprint density at radius 2 is 2.27 bits per heavy atom. The van der Waals surface area contributed by atoms with Crippen LogP contribution in [0, 0.1) is 6.92 Å². The van der Waals surface area contributed by atoms with Crippen molar-refractivity contribution in [1.29, 1.82) is 0 Å². The van der Waals surface area contributed by atoms with Gasteiger partial charge in [-0.3, -0.25) is 5.10 Å². The number of methoxy groups -OCH3 is 1. The monoisotopic (exact) mass is 211 g/mol. The molecule has 86 valence electrons. The molecule has 0 aliphatic rings. The lowest BCUT2D eigenvalue weighted by Gasteiger charge is -2.03. The maximum Gasteiger partial charge on any atom is 0.0535 e. The zero-order valence-electron chi connectivity index (χ0n) is 9.68. The van der Waals surface area contributed by atoms with Gasteiger partial charge in [-0.05, 0) is 32.7 Å². The van der Waals surface area contributed by atoms with Gasteiger partial charge in [-0.1, -0.05) is 0 Å². The molecule has 0 fully saturated rings. The second-order valence-electron chi connectivity index (χ2n) is 3.75. The third-order valence-electron chi connectivity index (χ3n) is 2.45. The smallest absolute Gasteiger partial charge is 0.0535 e. The summed E-state index contributed by atoms with van der Waals surface area (Å²) in [6, 6.07) is 0. The Bertz CT molecular complexity index is 260. The van der Waals surface area contributed by atoms with Crippen molar-refractivity contribution in [3.8, 4) is 0 Å². The van der Waals surface area contributed by atoms with Crippen LogP contribution >= 0.6 is 0 Å². The van der Waals surface area contributed by atoms with Gasteiger partial charge in [0.05, 0.1) is 6.20 Å². The van der Waals surface area contributed by atoms with Crippen LogP contribution < -0.4 is 5.32 Å². The van der Waals surface area contributed by atoms with Crippen LogP contribution in [-0.4, -0.2) is 30.5 Å². The highest BCUT2D eigenvalue weighted by atomic mass is 16.5. The molecule has 0 amide bonds. The Kier molecular flexibility index (Phi) is 6.04. The van der Waals surface area contributed by atoms with Gasteiger partial charge in [-0.2, -0.15) is 5.10 Å². The molecular formula is C11H21N3O. The average molecular weight is 211 g/mol. The Balaban J connectivity index is 1.96. The number of H-pyrrole nitrogens is 1. The SMILES string of the molecule is COCCCCCNCc1cn[nH]c1C. The number of rotatable bonds is 8. The molecule has 2 N–H and O–H groups in total. The molecule has 4 nitrogen and oxygen atoms in total. The van der Waals surface area contributed by atoms with Crippen LogP contribution in [0.4, 0.5) is 0 Å². The average Bonchev–Trinajstić information content (AvgIpc) is 2.63. The number of ether oxygens (including phenoxy) is 1. The molecule has 0 aliphatic heterocycles. The van der Waals surface area contributed by atoms with E-state index in [0.717, 1.165) is 31.8 Å². The molecule has 0 saturated carbocycles. The number of unbranched alkanes of at least 4 members (excludes halogenated alkanes) is 2. The highest BCUT2D eigenvalue weighted by molar-refractivity contribution is 5.13. The van der Waals surface area contributed by atoms with Crippen molar-refractivity contribution in [2.45, 2.75) is 32.7 Å². The maximum absolute atomic E-state index is 4.99. The van der Waals surface area contributed by atoms with Gasteiger partial charge in [-0.25, -0.2) is 0 Å². The molecule has 1 aromatic heterocycles. The van der Waals surface area contributed by atoms with Gasteiger partial charge >= 0.3 is 0 Å². The predicted molar refractivity (Wildman–Crippen MR) is 60.8 cm³/mol. The Labute approximate surface area is 91.4 Å². The third-order valence-corrected chi connectivity index (χ3v) is 2.45. The van der Waals surface area contributed by atoms with Crippen LogP contribution in [0.2, 0.25) is 0 Å². The lowest BCUT2D eigenvalue weighted by molar-refractivity contribution is 0.192.